The van der Waals surface area contributed by atoms with Gasteiger partial charge in [-0.1, -0.05) is 12.1 Å². The molecule has 1 aliphatic rings. The predicted molar refractivity (Wildman–Crippen MR) is 53.5 cm³/mol. The number of amides is 1. The SMILES string of the molecule is NC(=O)C1Nc2ccccc2OC1C(F)F. The first-order valence-corrected chi connectivity index (χ1v) is 4.69. The number of ether oxygens (including phenoxy) is 1. The fourth-order valence-electron chi connectivity index (χ4n) is 1.58. The Morgan fingerprint density at radius 1 is 1.44 bits per heavy atom. The van der Waals surface area contributed by atoms with Crippen LogP contribution in [0.2, 0.25) is 0 Å². The van der Waals surface area contributed by atoms with E-state index >= 15 is 0 Å². The van der Waals surface area contributed by atoms with E-state index in [2.05, 4.69) is 5.32 Å². The van der Waals surface area contributed by atoms with Crippen molar-refractivity contribution in [2.24, 2.45) is 5.73 Å². The van der Waals surface area contributed by atoms with E-state index in [0.29, 0.717) is 11.4 Å². The summed E-state index contributed by atoms with van der Waals surface area (Å²) in [6.07, 6.45) is -4.33. The average Bonchev–Trinajstić information content (AvgIpc) is 2.27. The van der Waals surface area contributed by atoms with Gasteiger partial charge in [0.05, 0.1) is 5.69 Å². The fourth-order valence-corrected chi connectivity index (χ4v) is 1.58. The van der Waals surface area contributed by atoms with Crippen molar-refractivity contribution in [1.82, 2.24) is 0 Å². The molecule has 1 amide bonds. The molecular weight excluding hydrogens is 218 g/mol. The molecule has 2 atom stereocenters. The first kappa shape index (κ1) is 10.7. The summed E-state index contributed by atoms with van der Waals surface area (Å²) in [4.78, 5) is 11.0. The number of nitrogens with one attached hydrogen (secondary N) is 1. The Balaban J connectivity index is 2.33. The largest absolute Gasteiger partial charge is 0.480 e. The maximum atomic E-state index is 12.7. The van der Waals surface area contributed by atoms with Gasteiger partial charge in [0, 0.05) is 0 Å². The van der Waals surface area contributed by atoms with E-state index < -0.39 is 24.5 Å². The lowest BCUT2D eigenvalue weighted by Crippen LogP contribution is -2.53. The van der Waals surface area contributed by atoms with Gasteiger partial charge in [-0.05, 0) is 12.1 Å². The Hall–Kier alpha value is -1.85. The molecule has 0 aromatic heterocycles. The summed E-state index contributed by atoms with van der Waals surface area (Å²) in [6.45, 7) is 0. The molecule has 0 aliphatic carbocycles. The average molecular weight is 228 g/mol. The maximum Gasteiger partial charge on any atom is 0.277 e. The number of halogens is 2. The molecule has 1 aliphatic heterocycles. The standard InChI is InChI=1S/C10H10F2N2O2/c11-9(12)8-7(10(13)15)14-5-3-1-2-4-6(5)16-8/h1-4,7-9,14H,(H2,13,15). The van der Waals surface area contributed by atoms with Gasteiger partial charge in [0.15, 0.2) is 6.10 Å². The van der Waals surface area contributed by atoms with E-state index in [0.717, 1.165) is 0 Å². The van der Waals surface area contributed by atoms with Crippen LogP contribution in [0.5, 0.6) is 5.75 Å². The van der Waals surface area contributed by atoms with Gasteiger partial charge in [-0.2, -0.15) is 0 Å². The van der Waals surface area contributed by atoms with Crippen LogP contribution in [0.3, 0.4) is 0 Å². The summed E-state index contributed by atoms with van der Waals surface area (Å²) in [5.74, 6) is -0.565. The molecule has 4 nitrogen and oxygen atoms in total. The van der Waals surface area contributed by atoms with Gasteiger partial charge in [-0.3, -0.25) is 4.79 Å². The molecule has 0 saturated heterocycles. The summed E-state index contributed by atoms with van der Waals surface area (Å²) in [5, 5.41) is 2.65. The van der Waals surface area contributed by atoms with Crippen LogP contribution in [0, 0.1) is 0 Å². The van der Waals surface area contributed by atoms with Gasteiger partial charge in [0.1, 0.15) is 11.8 Å². The molecule has 1 aromatic carbocycles. The second-order valence-electron chi connectivity index (χ2n) is 3.44. The Morgan fingerprint density at radius 3 is 2.75 bits per heavy atom. The van der Waals surface area contributed by atoms with E-state index in [1.807, 2.05) is 0 Å². The number of carbonyl (C=O) groups excluding carboxylic acids is 1. The molecule has 1 heterocycles. The molecule has 1 aromatic rings. The number of primary amides is 1. The second-order valence-corrected chi connectivity index (χ2v) is 3.44. The molecule has 0 bridgehead atoms. The van der Waals surface area contributed by atoms with Gasteiger partial charge < -0.3 is 15.8 Å². The minimum atomic E-state index is -2.78. The van der Waals surface area contributed by atoms with Gasteiger partial charge >= 0.3 is 0 Å². The lowest BCUT2D eigenvalue weighted by atomic mass is 10.1. The first-order chi connectivity index (χ1) is 7.59. The lowest BCUT2D eigenvalue weighted by molar-refractivity contribution is -0.123. The summed E-state index contributed by atoms with van der Waals surface area (Å²) >= 11 is 0. The minimum absolute atomic E-state index is 0.297. The zero-order chi connectivity index (χ0) is 11.7. The molecule has 6 heteroatoms. The number of nitrogens with two attached hydrogens (primary N) is 1. The molecule has 2 rings (SSSR count). The van der Waals surface area contributed by atoms with Gasteiger partial charge in [-0.25, -0.2) is 8.78 Å². The van der Waals surface area contributed by atoms with Crippen molar-refractivity contribution >= 4 is 11.6 Å². The molecular formula is C10H10F2N2O2. The fraction of sp³-hybridized carbons (Fsp3) is 0.300. The highest BCUT2D eigenvalue weighted by Gasteiger charge is 2.39. The van der Waals surface area contributed by atoms with Crippen molar-refractivity contribution in [2.45, 2.75) is 18.6 Å². The Bertz CT molecular complexity index is 412. The number of anilines is 1. The first-order valence-electron chi connectivity index (χ1n) is 4.69. The molecule has 3 N–H and O–H groups in total. The number of fused-ring (bicyclic) bond motifs is 1. The van der Waals surface area contributed by atoms with Crippen LogP contribution in [-0.2, 0) is 4.79 Å². The third-order valence-corrected chi connectivity index (χ3v) is 2.34. The second kappa shape index (κ2) is 3.96. The predicted octanol–water partition coefficient (Wildman–Crippen LogP) is 0.978. The van der Waals surface area contributed by atoms with Crippen molar-refractivity contribution in [3.8, 4) is 5.75 Å². The minimum Gasteiger partial charge on any atom is -0.480 e. The summed E-state index contributed by atoms with van der Waals surface area (Å²) < 4.78 is 30.4. The molecule has 86 valence electrons. The van der Waals surface area contributed by atoms with Crippen LogP contribution >= 0.6 is 0 Å². The highest BCUT2D eigenvalue weighted by atomic mass is 19.3. The Labute approximate surface area is 90.4 Å². The van der Waals surface area contributed by atoms with Crippen LogP contribution in [-0.4, -0.2) is 24.5 Å². The van der Waals surface area contributed by atoms with Crippen molar-refractivity contribution in [3.05, 3.63) is 24.3 Å². The van der Waals surface area contributed by atoms with Crippen LogP contribution in [0.4, 0.5) is 14.5 Å². The van der Waals surface area contributed by atoms with Crippen molar-refractivity contribution < 1.29 is 18.3 Å². The monoisotopic (exact) mass is 228 g/mol. The highest BCUT2D eigenvalue weighted by Crippen LogP contribution is 2.32. The molecule has 0 spiro atoms. The molecule has 16 heavy (non-hydrogen) atoms. The van der Waals surface area contributed by atoms with Gasteiger partial charge in [-0.15, -0.1) is 0 Å². The third-order valence-electron chi connectivity index (χ3n) is 2.34. The molecule has 2 unspecified atom stereocenters. The number of benzene rings is 1. The number of hydrogen-bond acceptors (Lipinski definition) is 3. The molecule has 0 saturated carbocycles. The van der Waals surface area contributed by atoms with E-state index in [1.54, 1.807) is 24.3 Å². The van der Waals surface area contributed by atoms with Crippen LogP contribution in [0.25, 0.3) is 0 Å². The number of carbonyl (C=O) groups is 1. The Kier molecular flexibility index (Phi) is 2.64. The van der Waals surface area contributed by atoms with E-state index in [9.17, 15) is 13.6 Å². The molecule has 0 fully saturated rings. The lowest BCUT2D eigenvalue weighted by Gasteiger charge is -2.32. The number of para-hydroxylation sites is 2. The normalized spacial score (nSPS) is 23.2. The van der Waals surface area contributed by atoms with Crippen LogP contribution < -0.4 is 15.8 Å². The number of hydrogen-bond donors (Lipinski definition) is 2. The Morgan fingerprint density at radius 2 is 2.12 bits per heavy atom. The highest BCUT2D eigenvalue weighted by molar-refractivity contribution is 5.85. The summed E-state index contributed by atoms with van der Waals surface area (Å²) in [6, 6.07) is 5.33. The third kappa shape index (κ3) is 1.78. The summed E-state index contributed by atoms with van der Waals surface area (Å²) in [5.41, 5.74) is 5.53. The number of alkyl halides is 2. The van der Waals surface area contributed by atoms with Crippen LogP contribution in [0.1, 0.15) is 0 Å². The topological polar surface area (TPSA) is 64.4 Å². The zero-order valence-corrected chi connectivity index (χ0v) is 8.19. The zero-order valence-electron chi connectivity index (χ0n) is 8.19. The van der Waals surface area contributed by atoms with E-state index in [1.165, 1.54) is 0 Å². The molecule has 0 radical (unpaired) electrons. The van der Waals surface area contributed by atoms with Crippen molar-refractivity contribution in [2.75, 3.05) is 5.32 Å². The van der Waals surface area contributed by atoms with Crippen molar-refractivity contribution in [3.63, 3.8) is 0 Å². The van der Waals surface area contributed by atoms with Gasteiger partial charge in [0.25, 0.3) is 6.43 Å². The van der Waals surface area contributed by atoms with Crippen molar-refractivity contribution in [1.29, 1.82) is 0 Å². The quantitative estimate of drug-likeness (QED) is 0.793. The summed E-state index contributed by atoms with van der Waals surface area (Å²) in [7, 11) is 0. The maximum absolute atomic E-state index is 12.7. The van der Waals surface area contributed by atoms with E-state index in [-0.39, 0.29) is 0 Å². The van der Waals surface area contributed by atoms with Gasteiger partial charge in [0.2, 0.25) is 5.91 Å². The smallest absolute Gasteiger partial charge is 0.277 e. The number of rotatable bonds is 2. The van der Waals surface area contributed by atoms with E-state index in [4.69, 9.17) is 10.5 Å². The van der Waals surface area contributed by atoms with Crippen LogP contribution in [0.15, 0.2) is 24.3 Å².